The van der Waals surface area contributed by atoms with Crippen LogP contribution in [0.15, 0.2) is 0 Å². The van der Waals surface area contributed by atoms with Crippen LogP contribution in [0.25, 0.3) is 0 Å². The predicted molar refractivity (Wildman–Crippen MR) is 53.8 cm³/mol. The highest BCUT2D eigenvalue weighted by Gasteiger charge is 2.19. The molecule has 0 radical (unpaired) electrons. The summed E-state index contributed by atoms with van der Waals surface area (Å²) in [7, 11) is 0. The SMILES string of the molecule is CC(=O)N1CCN(CC(N)CO)CC1. The molecule has 0 aromatic carbocycles. The summed E-state index contributed by atoms with van der Waals surface area (Å²) in [6.45, 7) is 5.58. The van der Waals surface area contributed by atoms with Gasteiger partial charge in [-0.1, -0.05) is 0 Å². The molecule has 1 atom stereocenters. The summed E-state index contributed by atoms with van der Waals surface area (Å²) in [4.78, 5) is 15.0. The van der Waals surface area contributed by atoms with Gasteiger partial charge in [-0.15, -0.1) is 0 Å². The maximum atomic E-state index is 11.0. The van der Waals surface area contributed by atoms with Crippen molar-refractivity contribution in [1.82, 2.24) is 9.80 Å². The zero-order chi connectivity index (χ0) is 10.6. The Morgan fingerprint density at radius 2 is 2.00 bits per heavy atom. The number of nitrogens with zero attached hydrogens (tertiary/aromatic N) is 2. The van der Waals surface area contributed by atoms with Crippen LogP contribution in [0.2, 0.25) is 0 Å². The first-order valence-corrected chi connectivity index (χ1v) is 4.97. The van der Waals surface area contributed by atoms with Crippen molar-refractivity contribution >= 4 is 5.91 Å². The molecule has 1 amide bonds. The number of carbonyl (C=O) groups excluding carboxylic acids is 1. The Balaban J connectivity index is 2.25. The molecule has 0 saturated carbocycles. The lowest BCUT2D eigenvalue weighted by Crippen LogP contribution is -2.51. The van der Waals surface area contributed by atoms with Crippen LogP contribution >= 0.6 is 0 Å². The van der Waals surface area contributed by atoms with E-state index in [1.807, 2.05) is 4.90 Å². The molecule has 1 aliphatic heterocycles. The van der Waals surface area contributed by atoms with Gasteiger partial charge in [0.2, 0.25) is 5.91 Å². The van der Waals surface area contributed by atoms with E-state index < -0.39 is 0 Å². The quantitative estimate of drug-likeness (QED) is 0.581. The van der Waals surface area contributed by atoms with Gasteiger partial charge in [0, 0.05) is 45.7 Å². The normalized spacial score (nSPS) is 20.9. The molecule has 14 heavy (non-hydrogen) atoms. The lowest BCUT2D eigenvalue weighted by Gasteiger charge is -2.35. The van der Waals surface area contributed by atoms with Gasteiger partial charge in [0.15, 0.2) is 0 Å². The smallest absolute Gasteiger partial charge is 0.219 e. The summed E-state index contributed by atoms with van der Waals surface area (Å²) in [5, 5.41) is 8.79. The van der Waals surface area contributed by atoms with Crippen molar-refractivity contribution in [3.05, 3.63) is 0 Å². The van der Waals surface area contributed by atoms with E-state index in [9.17, 15) is 4.79 Å². The number of piperazine rings is 1. The second kappa shape index (κ2) is 5.29. The molecule has 1 saturated heterocycles. The van der Waals surface area contributed by atoms with E-state index in [1.165, 1.54) is 0 Å². The molecule has 0 aliphatic carbocycles. The minimum atomic E-state index is -0.168. The van der Waals surface area contributed by atoms with E-state index >= 15 is 0 Å². The molecule has 1 aliphatic rings. The third-order valence-corrected chi connectivity index (χ3v) is 2.54. The minimum absolute atomic E-state index is 0.0208. The Morgan fingerprint density at radius 1 is 1.43 bits per heavy atom. The van der Waals surface area contributed by atoms with Gasteiger partial charge in [-0.05, 0) is 0 Å². The van der Waals surface area contributed by atoms with Crippen molar-refractivity contribution in [2.24, 2.45) is 5.73 Å². The van der Waals surface area contributed by atoms with E-state index in [2.05, 4.69) is 4.90 Å². The number of carbonyl (C=O) groups is 1. The first kappa shape index (κ1) is 11.4. The number of aliphatic hydroxyl groups is 1. The molecule has 3 N–H and O–H groups in total. The Hall–Kier alpha value is -0.650. The van der Waals surface area contributed by atoms with E-state index in [-0.39, 0.29) is 18.6 Å². The second-order valence-corrected chi connectivity index (χ2v) is 3.75. The van der Waals surface area contributed by atoms with Crippen molar-refractivity contribution < 1.29 is 9.90 Å². The van der Waals surface area contributed by atoms with Gasteiger partial charge in [0.1, 0.15) is 0 Å². The average molecular weight is 201 g/mol. The molecule has 1 rings (SSSR count). The molecule has 0 bridgehead atoms. The van der Waals surface area contributed by atoms with Gasteiger partial charge in [-0.25, -0.2) is 0 Å². The third-order valence-electron chi connectivity index (χ3n) is 2.54. The number of amides is 1. The molecule has 0 aromatic heterocycles. The first-order chi connectivity index (χ1) is 6.63. The van der Waals surface area contributed by atoms with Crippen LogP contribution in [-0.2, 0) is 4.79 Å². The highest BCUT2D eigenvalue weighted by molar-refractivity contribution is 5.73. The Kier molecular flexibility index (Phi) is 4.31. The average Bonchev–Trinajstić information content (AvgIpc) is 2.18. The summed E-state index contributed by atoms with van der Waals surface area (Å²) in [6.07, 6.45) is 0. The number of nitrogens with two attached hydrogens (primary N) is 1. The van der Waals surface area contributed by atoms with Crippen molar-refractivity contribution in [2.45, 2.75) is 13.0 Å². The monoisotopic (exact) mass is 201 g/mol. The predicted octanol–water partition coefficient (Wildman–Crippen LogP) is -1.53. The van der Waals surface area contributed by atoms with E-state index in [4.69, 9.17) is 10.8 Å². The minimum Gasteiger partial charge on any atom is -0.395 e. The van der Waals surface area contributed by atoms with Gasteiger partial charge >= 0.3 is 0 Å². The van der Waals surface area contributed by atoms with Crippen LogP contribution in [0, 0.1) is 0 Å². The largest absolute Gasteiger partial charge is 0.395 e. The van der Waals surface area contributed by atoms with Crippen LogP contribution in [0.1, 0.15) is 6.92 Å². The van der Waals surface area contributed by atoms with Crippen LogP contribution in [-0.4, -0.2) is 66.2 Å². The molecular weight excluding hydrogens is 182 g/mol. The zero-order valence-electron chi connectivity index (χ0n) is 8.65. The number of hydrogen-bond acceptors (Lipinski definition) is 4. The van der Waals surface area contributed by atoms with Crippen molar-refractivity contribution in [1.29, 1.82) is 0 Å². The Morgan fingerprint density at radius 3 is 2.43 bits per heavy atom. The fourth-order valence-corrected chi connectivity index (χ4v) is 1.63. The summed E-state index contributed by atoms with van der Waals surface area (Å²) < 4.78 is 0. The third kappa shape index (κ3) is 3.25. The maximum absolute atomic E-state index is 11.0. The fourth-order valence-electron chi connectivity index (χ4n) is 1.63. The van der Waals surface area contributed by atoms with Crippen LogP contribution in [0.4, 0.5) is 0 Å². The van der Waals surface area contributed by atoms with Crippen molar-refractivity contribution in [3.63, 3.8) is 0 Å². The summed E-state index contributed by atoms with van der Waals surface area (Å²) in [5.41, 5.74) is 5.63. The van der Waals surface area contributed by atoms with Crippen molar-refractivity contribution in [3.8, 4) is 0 Å². The Labute approximate surface area is 84.5 Å². The van der Waals surface area contributed by atoms with Crippen LogP contribution < -0.4 is 5.73 Å². The van der Waals surface area contributed by atoms with Crippen molar-refractivity contribution in [2.75, 3.05) is 39.3 Å². The Bertz CT molecular complexity index is 190. The molecule has 1 fully saturated rings. The van der Waals surface area contributed by atoms with Crippen LogP contribution in [0.5, 0.6) is 0 Å². The molecule has 1 heterocycles. The first-order valence-electron chi connectivity index (χ1n) is 4.97. The second-order valence-electron chi connectivity index (χ2n) is 3.75. The fraction of sp³-hybridized carbons (Fsp3) is 0.889. The molecule has 0 aromatic rings. The van der Waals surface area contributed by atoms with Gasteiger partial charge < -0.3 is 15.7 Å². The molecule has 5 nitrogen and oxygen atoms in total. The zero-order valence-corrected chi connectivity index (χ0v) is 8.65. The standard InChI is InChI=1S/C9H19N3O2/c1-8(14)12-4-2-11(3-5-12)6-9(10)7-13/h9,13H,2-7,10H2,1H3. The highest BCUT2D eigenvalue weighted by Crippen LogP contribution is 2.02. The van der Waals surface area contributed by atoms with Crippen LogP contribution in [0.3, 0.4) is 0 Å². The molecule has 5 heteroatoms. The van der Waals surface area contributed by atoms with Gasteiger partial charge in [-0.3, -0.25) is 9.69 Å². The molecule has 1 unspecified atom stereocenters. The number of hydrogen-bond donors (Lipinski definition) is 2. The van der Waals surface area contributed by atoms with E-state index in [0.717, 1.165) is 26.2 Å². The van der Waals surface area contributed by atoms with E-state index in [1.54, 1.807) is 6.92 Å². The number of rotatable bonds is 3. The lowest BCUT2D eigenvalue weighted by molar-refractivity contribution is -0.130. The summed E-state index contributed by atoms with van der Waals surface area (Å²) in [6, 6.07) is -0.168. The molecule has 0 spiro atoms. The van der Waals surface area contributed by atoms with Gasteiger partial charge in [0.25, 0.3) is 0 Å². The van der Waals surface area contributed by atoms with E-state index in [0.29, 0.717) is 6.54 Å². The lowest BCUT2D eigenvalue weighted by atomic mass is 10.2. The topological polar surface area (TPSA) is 69.8 Å². The molecular formula is C9H19N3O2. The number of aliphatic hydroxyl groups excluding tert-OH is 1. The van der Waals surface area contributed by atoms with Gasteiger partial charge in [-0.2, -0.15) is 0 Å². The summed E-state index contributed by atoms with van der Waals surface area (Å²) >= 11 is 0. The maximum Gasteiger partial charge on any atom is 0.219 e. The molecule has 82 valence electrons. The van der Waals surface area contributed by atoms with Gasteiger partial charge in [0.05, 0.1) is 6.61 Å². The summed E-state index contributed by atoms with van der Waals surface area (Å²) in [5.74, 6) is 0.135. The highest BCUT2D eigenvalue weighted by atomic mass is 16.3.